The number of aliphatic hydroxyl groups excluding tert-OH is 1. The predicted octanol–water partition coefficient (Wildman–Crippen LogP) is 16.7. The van der Waals surface area contributed by atoms with E-state index in [4.69, 9.17) is 0 Å². The van der Waals surface area contributed by atoms with Gasteiger partial charge >= 0.3 is 7.82 Å². The van der Waals surface area contributed by atoms with Crippen LogP contribution in [0, 0.1) is 0 Å². The van der Waals surface area contributed by atoms with Crippen molar-refractivity contribution in [3.8, 4) is 0 Å². The van der Waals surface area contributed by atoms with Gasteiger partial charge in [-0.15, -0.1) is 0 Å². The number of amides is 1. The van der Waals surface area contributed by atoms with Crippen LogP contribution < -0.4 is 5.32 Å². The van der Waals surface area contributed by atoms with Gasteiger partial charge < -0.3 is 20.2 Å². The Hall–Kier alpha value is -0.720. The molecule has 0 aromatic heterocycles. The van der Waals surface area contributed by atoms with Crippen LogP contribution in [-0.2, 0) is 13.9 Å². The Bertz CT molecular complexity index is 941. The molecule has 358 valence electrons. The van der Waals surface area contributed by atoms with E-state index in [1.54, 1.807) is 6.08 Å². The van der Waals surface area contributed by atoms with Crippen molar-refractivity contribution < 1.29 is 28.8 Å². The maximum atomic E-state index is 12.6. The van der Waals surface area contributed by atoms with E-state index in [1.165, 1.54) is 238 Å². The molecular formula is C52H104NO6P. The fourth-order valence-corrected chi connectivity index (χ4v) is 8.82. The molecule has 0 spiro atoms. The van der Waals surface area contributed by atoms with E-state index >= 15 is 0 Å². The van der Waals surface area contributed by atoms with E-state index < -0.39 is 26.6 Å². The summed E-state index contributed by atoms with van der Waals surface area (Å²) in [6.45, 7) is 4.10. The van der Waals surface area contributed by atoms with Crippen LogP contribution in [0.3, 0.4) is 0 Å². The van der Waals surface area contributed by atoms with Gasteiger partial charge in [0.2, 0.25) is 5.91 Å². The van der Waals surface area contributed by atoms with E-state index in [9.17, 15) is 24.3 Å². The molecule has 0 unspecified atom stereocenters. The summed E-state index contributed by atoms with van der Waals surface area (Å²) in [5.41, 5.74) is 0. The Kier molecular flexibility index (Phi) is 47.2. The Labute approximate surface area is 373 Å². The number of aliphatic hydroxyl groups is 1. The van der Waals surface area contributed by atoms with Crippen LogP contribution >= 0.6 is 7.82 Å². The molecular weight excluding hydrogens is 766 g/mol. The number of unbranched alkanes of at least 4 members (excludes halogenated alkanes) is 41. The first-order chi connectivity index (χ1) is 29.3. The molecule has 0 heterocycles. The lowest BCUT2D eigenvalue weighted by molar-refractivity contribution is -0.123. The first-order valence-electron chi connectivity index (χ1n) is 26.6. The van der Waals surface area contributed by atoms with E-state index in [0.29, 0.717) is 6.42 Å². The van der Waals surface area contributed by atoms with Gasteiger partial charge in [0.05, 0.1) is 18.8 Å². The predicted molar refractivity (Wildman–Crippen MR) is 260 cm³/mol. The van der Waals surface area contributed by atoms with Crippen molar-refractivity contribution in [2.45, 2.75) is 309 Å². The van der Waals surface area contributed by atoms with Crippen LogP contribution in [0.4, 0.5) is 0 Å². The second-order valence-electron chi connectivity index (χ2n) is 18.6. The number of hydrogen-bond donors (Lipinski definition) is 4. The highest BCUT2D eigenvalue weighted by atomic mass is 31.2. The minimum Gasteiger partial charge on any atom is -0.387 e. The van der Waals surface area contributed by atoms with Gasteiger partial charge in [-0.3, -0.25) is 9.32 Å². The van der Waals surface area contributed by atoms with Gasteiger partial charge in [0.1, 0.15) is 0 Å². The smallest absolute Gasteiger partial charge is 0.387 e. The van der Waals surface area contributed by atoms with Crippen molar-refractivity contribution in [3.05, 3.63) is 12.2 Å². The molecule has 8 heteroatoms. The molecule has 0 rings (SSSR count). The molecule has 7 nitrogen and oxygen atoms in total. The zero-order valence-corrected chi connectivity index (χ0v) is 41.0. The molecule has 0 aliphatic heterocycles. The molecule has 2 atom stereocenters. The molecule has 0 aliphatic rings. The molecule has 0 fully saturated rings. The number of carbonyl (C=O) groups excluding carboxylic acids is 1. The lowest BCUT2D eigenvalue weighted by atomic mass is 10.0. The Balaban J connectivity index is 3.63. The summed E-state index contributed by atoms with van der Waals surface area (Å²) in [6.07, 6.45) is 60.0. The summed E-state index contributed by atoms with van der Waals surface area (Å²) in [7, 11) is -4.71. The summed E-state index contributed by atoms with van der Waals surface area (Å²) in [4.78, 5) is 31.0. The average molecular weight is 870 g/mol. The first-order valence-corrected chi connectivity index (χ1v) is 28.2. The Morgan fingerprint density at radius 3 is 1.02 bits per heavy atom. The molecule has 60 heavy (non-hydrogen) atoms. The number of phosphoric ester groups is 1. The molecule has 0 saturated heterocycles. The van der Waals surface area contributed by atoms with E-state index in [2.05, 4.69) is 23.7 Å². The summed E-state index contributed by atoms with van der Waals surface area (Å²) in [5.74, 6) is -0.220. The van der Waals surface area contributed by atoms with Gasteiger partial charge in [0.25, 0.3) is 0 Å². The number of hydrogen-bond acceptors (Lipinski definition) is 4. The summed E-state index contributed by atoms with van der Waals surface area (Å²) in [5, 5.41) is 13.4. The highest BCUT2D eigenvalue weighted by Gasteiger charge is 2.24. The van der Waals surface area contributed by atoms with Crippen LogP contribution in [0.25, 0.3) is 0 Å². The summed E-state index contributed by atoms with van der Waals surface area (Å²) in [6, 6.07) is -0.905. The summed E-state index contributed by atoms with van der Waals surface area (Å²) >= 11 is 0. The average Bonchev–Trinajstić information content (AvgIpc) is 3.22. The number of phosphoric acid groups is 1. The summed E-state index contributed by atoms with van der Waals surface area (Å²) < 4.78 is 16.0. The minimum atomic E-state index is -4.71. The fraction of sp³-hybridized carbons (Fsp3) is 0.942. The second-order valence-corrected chi connectivity index (χ2v) is 19.8. The SMILES string of the molecule is CCCCCCCCCCCC/C=C/[C@@H](O)[C@H](COP(=O)(O)O)NC(=O)CCCCCCCCCCCCCCCCCCCCCCCCCCCCCCCCCC. The largest absolute Gasteiger partial charge is 0.469 e. The van der Waals surface area contributed by atoms with Gasteiger partial charge in [0, 0.05) is 6.42 Å². The van der Waals surface area contributed by atoms with Crippen LogP contribution in [0.2, 0.25) is 0 Å². The monoisotopic (exact) mass is 870 g/mol. The second kappa shape index (κ2) is 47.8. The molecule has 0 radical (unpaired) electrons. The van der Waals surface area contributed by atoms with Crippen molar-refractivity contribution in [2.75, 3.05) is 6.61 Å². The lowest BCUT2D eigenvalue weighted by Gasteiger charge is -2.22. The Morgan fingerprint density at radius 2 is 0.733 bits per heavy atom. The molecule has 4 N–H and O–H groups in total. The van der Waals surface area contributed by atoms with Crippen molar-refractivity contribution in [1.29, 1.82) is 0 Å². The normalized spacial score (nSPS) is 13.1. The van der Waals surface area contributed by atoms with Crippen molar-refractivity contribution in [1.82, 2.24) is 5.32 Å². The number of carbonyl (C=O) groups is 1. The quantitative estimate of drug-likeness (QED) is 0.0275. The number of rotatable bonds is 50. The van der Waals surface area contributed by atoms with Crippen molar-refractivity contribution in [3.63, 3.8) is 0 Å². The molecule has 1 amide bonds. The molecule has 0 aromatic carbocycles. The maximum Gasteiger partial charge on any atom is 0.469 e. The van der Waals surface area contributed by atoms with Crippen LogP contribution in [-0.4, -0.2) is 39.6 Å². The van der Waals surface area contributed by atoms with Gasteiger partial charge in [-0.25, -0.2) is 4.57 Å². The van der Waals surface area contributed by atoms with Crippen LogP contribution in [0.15, 0.2) is 12.2 Å². The van der Waals surface area contributed by atoms with Crippen molar-refractivity contribution in [2.24, 2.45) is 0 Å². The maximum absolute atomic E-state index is 12.6. The van der Waals surface area contributed by atoms with Gasteiger partial charge in [0.15, 0.2) is 0 Å². The first kappa shape index (κ1) is 59.3. The molecule has 0 saturated carbocycles. The molecule has 0 aromatic rings. The zero-order chi connectivity index (χ0) is 43.9. The molecule has 0 bridgehead atoms. The Morgan fingerprint density at radius 1 is 0.467 bits per heavy atom. The van der Waals surface area contributed by atoms with Crippen LogP contribution in [0.5, 0.6) is 0 Å². The molecule has 0 aliphatic carbocycles. The number of nitrogens with one attached hydrogen (secondary N) is 1. The van der Waals surface area contributed by atoms with Gasteiger partial charge in [-0.2, -0.15) is 0 Å². The number of allylic oxidation sites excluding steroid dienone is 1. The minimum absolute atomic E-state index is 0.220. The van der Waals surface area contributed by atoms with E-state index in [1.807, 2.05) is 6.08 Å². The van der Waals surface area contributed by atoms with Gasteiger partial charge in [-0.05, 0) is 19.3 Å². The van der Waals surface area contributed by atoms with E-state index in [0.717, 1.165) is 38.5 Å². The lowest BCUT2D eigenvalue weighted by Crippen LogP contribution is -2.45. The van der Waals surface area contributed by atoms with Crippen LogP contribution in [0.1, 0.15) is 296 Å². The highest BCUT2D eigenvalue weighted by Crippen LogP contribution is 2.36. The third-order valence-corrected chi connectivity index (χ3v) is 13.0. The van der Waals surface area contributed by atoms with E-state index in [-0.39, 0.29) is 5.91 Å². The topological polar surface area (TPSA) is 116 Å². The van der Waals surface area contributed by atoms with Gasteiger partial charge in [-0.1, -0.05) is 283 Å². The third-order valence-electron chi connectivity index (χ3n) is 12.5. The fourth-order valence-electron chi connectivity index (χ4n) is 8.46. The highest BCUT2D eigenvalue weighted by molar-refractivity contribution is 7.46. The van der Waals surface area contributed by atoms with Crippen molar-refractivity contribution >= 4 is 13.7 Å². The third kappa shape index (κ3) is 48.3. The zero-order valence-electron chi connectivity index (χ0n) is 40.1. The standard InChI is InChI=1S/C52H104NO6P/c1-3-5-7-9-11-13-15-17-18-19-20-21-22-23-24-25-26-27-28-29-30-31-32-33-34-35-36-38-40-42-44-46-48-52(55)53-50(49-59-60(56,57)58)51(54)47-45-43-41-39-37-16-14-12-10-8-6-4-2/h45,47,50-51,54H,3-44,46,48-49H2,1-2H3,(H,53,55)(H2,56,57,58)/b47-45+/t50-,51+/m0/s1.